The second kappa shape index (κ2) is 6.96. The lowest BCUT2D eigenvalue weighted by molar-refractivity contribution is 0.0601. The van der Waals surface area contributed by atoms with Crippen molar-refractivity contribution in [2.24, 2.45) is 5.92 Å². The van der Waals surface area contributed by atoms with Crippen molar-refractivity contribution >= 4 is 11.6 Å². The van der Waals surface area contributed by atoms with Crippen molar-refractivity contribution in [3.05, 3.63) is 47.3 Å². The summed E-state index contributed by atoms with van der Waals surface area (Å²) in [7, 11) is 0. The van der Waals surface area contributed by atoms with Gasteiger partial charge in [0, 0.05) is 31.5 Å². The van der Waals surface area contributed by atoms with E-state index in [0.717, 1.165) is 43.9 Å². The van der Waals surface area contributed by atoms with Gasteiger partial charge in [0.1, 0.15) is 0 Å². The van der Waals surface area contributed by atoms with Gasteiger partial charge in [-0.1, -0.05) is 6.07 Å². The van der Waals surface area contributed by atoms with Crippen molar-refractivity contribution in [3.8, 4) is 0 Å². The molecule has 23 heavy (non-hydrogen) atoms. The molecule has 1 N–H and O–H groups in total. The Hall–Kier alpha value is -2.14. The fourth-order valence-electron chi connectivity index (χ4n) is 2.81. The number of benzene rings is 1. The van der Waals surface area contributed by atoms with E-state index in [1.807, 2.05) is 42.9 Å². The zero-order valence-electron chi connectivity index (χ0n) is 13.7. The third kappa shape index (κ3) is 3.99. The fraction of sp³-hybridized carbons (Fsp3) is 0.444. The van der Waals surface area contributed by atoms with E-state index in [4.69, 9.17) is 4.74 Å². The molecule has 5 nitrogen and oxygen atoms in total. The number of rotatable bonds is 4. The molecule has 1 aromatic heterocycles. The topological polar surface area (TPSA) is 56.2 Å². The molecule has 0 spiro atoms. The SMILES string of the molecule is Cc1ccc(C(=O)Nc2cnn(CC3CCOCC3)c2)cc1C. The van der Waals surface area contributed by atoms with Crippen molar-refractivity contribution in [2.75, 3.05) is 18.5 Å². The second-order valence-electron chi connectivity index (χ2n) is 6.26. The molecular weight excluding hydrogens is 290 g/mol. The van der Waals surface area contributed by atoms with Gasteiger partial charge < -0.3 is 10.1 Å². The summed E-state index contributed by atoms with van der Waals surface area (Å²) >= 11 is 0. The van der Waals surface area contributed by atoms with Crippen molar-refractivity contribution in [1.82, 2.24) is 9.78 Å². The van der Waals surface area contributed by atoms with Crippen LogP contribution in [0.25, 0.3) is 0 Å². The van der Waals surface area contributed by atoms with Crippen LogP contribution in [0, 0.1) is 19.8 Å². The Morgan fingerprint density at radius 1 is 1.30 bits per heavy atom. The minimum Gasteiger partial charge on any atom is -0.381 e. The normalized spacial score (nSPS) is 15.6. The first-order valence-electron chi connectivity index (χ1n) is 8.10. The molecule has 122 valence electrons. The molecular formula is C18H23N3O2. The van der Waals surface area contributed by atoms with Crippen LogP contribution in [0.15, 0.2) is 30.6 Å². The van der Waals surface area contributed by atoms with E-state index < -0.39 is 0 Å². The Labute approximate surface area is 136 Å². The molecule has 0 aliphatic carbocycles. The lowest BCUT2D eigenvalue weighted by atomic mass is 10.0. The predicted octanol–water partition coefficient (Wildman–Crippen LogP) is 3.18. The molecule has 2 aromatic rings. The Balaban J connectivity index is 1.61. The van der Waals surface area contributed by atoms with Crippen LogP contribution in [0.3, 0.4) is 0 Å². The molecule has 1 amide bonds. The minimum atomic E-state index is -0.0984. The number of aryl methyl sites for hydroxylation is 2. The molecule has 0 radical (unpaired) electrons. The Morgan fingerprint density at radius 2 is 2.09 bits per heavy atom. The van der Waals surface area contributed by atoms with E-state index in [0.29, 0.717) is 11.5 Å². The van der Waals surface area contributed by atoms with E-state index in [9.17, 15) is 4.79 Å². The number of amides is 1. The fourth-order valence-corrected chi connectivity index (χ4v) is 2.81. The number of hydrogen-bond donors (Lipinski definition) is 1. The summed E-state index contributed by atoms with van der Waals surface area (Å²) in [6.45, 7) is 6.60. The lowest BCUT2D eigenvalue weighted by Crippen LogP contribution is -2.20. The summed E-state index contributed by atoms with van der Waals surface area (Å²) in [6, 6.07) is 5.74. The van der Waals surface area contributed by atoms with Crippen molar-refractivity contribution < 1.29 is 9.53 Å². The smallest absolute Gasteiger partial charge is 0.255 e. The zero-order chi connectivity index (χ0) is 16.2. The summed E-state index contributed by atoms with van der Waals surface area (Å²) in [6.07, 6.45) is 5.75. The maximum absolute atomic E-state index is 12.3. The van der Waals surface area contributed by atoms with Crippen molar-refractivity contribution in [1.29, 1.82) is 0 Å². The molecule has 1 aliphatic heterocycles. The first-order valence-corrected chi connectivity index (χ1v) is 8.10. The van der Waals surface area contributed by atoms with E-state index in [1.54, 1.807) is 6.20 Å². The number of carbonyl (C=O) groups excluding carboxylic acids is 1. The highest BCUT2D eigenvalue weighted by molar-refractivity contribution is 6.04. The van der Waals surface area contributed by atoms with Crippen molar-refractivity contribution in [3.63, 3.8) is 0 Å². The number of anilines is 1. The summed E-state index contributed by atoms with van der Waals surface area (Å²) in [5.74, 6) is 0.505. The predicted molar refractivity (Wildman–Crippen MR) is 89.6 cm³/mol. The Morgan fingerprint density at radius 3 is 2.83 bits per heavy atom. The number of ether oxygens (including phenoxy) is 1. The standard InChI is InChI=1S/C18H23N3O2/c1-13-3-4-16(9-14(13)2)18(22)20-17-10-19-21(12-17)11-15-5-7-23-8-6-15/h3-4,9-10,12,15H,5-8,11H2,1-2H3,(H,20,22). The van der Waals surface area contributed by atoms with Gasteiger partial charge >= 0.3 is 0 Å². The van der Waals surface area contributed by atoms with E-state index >= 15 is 0 Å². The van der Waals surface area contributed by atoms with Gasteiger partial charge in [-0.15, -0.1) is 0 Å². The van der Waals surface area contributed by atoms with Crippen LogP contribution in [-0.2, 0) is 11.3 Å². The van der Waals surface area contributed by atoms with Gasteiger partial charge in [0.05, 0.1) is 11.9 Å². The maximum Gasteiger partial charge on any atom is 0.255 e. The third-order valence-electron chi connectivity index (χ3n) is 4.45. The number of aromatic nitrogens is 2. The second-order valence-corrected chi connectivity index (χ2v) is 6.26. The third-order valence-corrected chi connectivity index (χ3v) is 4.45. The molecule has 5 heteroatoms. The van der Waals surface area contributed by atoms with Gasteiger partial charge in [-0.05, 0) is 55.9 Å². The molecule has 1 aliphatic rings. The van der Waals surface area contributed by atoms with Crippen LogP contribution in [0.5, 0.6) is 0 Å². The van der Waals surface area contributed by atoms with E-state index in [2.05, 4.69) is 10.4 Å². The average molecular weight is 313 g/mol. The Bertz CT molecular complexity index is 687. The van der Waals surface area contributed by atoms with Crippen molar-refractivity contribution in [2.45, 2.75) is 33.2 Å². The minimum absolute atomic E-state index is 0.0984. The molecule has 1 saturated heterocycles. The van der Waals surface area contributed by atoms with Crippen LogP contribution < -0.4 is 5.32 Å². The molecule has 3 rings (SSSR count). The van der Waals surface area contributed by atoms with Crippen LogP contribution in [0.1, 0.15) is 34.3 Å². The summed E-state index contributed by atoms with van der Waals surface area (Å²) in [5.41, 5.74) is 3.71. The quantitative estimate of drug-likeness (QED) is 0.943. The van der Waals surface area contributed by atoms with Gasteiger partial charge in [0.2, 0.25) is 0 Å². The highest BCUT2D eigenvalue weighted by Crippen LogP contribution is 2.18. The van der Waals surface area contributed by atoms with Crippen LogP contribution in [0.2, 0.25) is 0 Å². The van der Waals surface area contributed by atoms with E-state index in [1.165, 1.54) is 5.56 Å². The molecule has 0 atom stereocenters. The largest absolute Gasteiger partial charge is 0.381 e. The first kappa shape index (κ1) is 15.7. The molecule has 0 bridgehead atoms. The monoisotopic (exact) mass is 313 g/mol. The number of nitrogens with one attached hydrogen (secondary N) is 1. The average Bonchev–Trinajstić information content (AvgIpc) is 2.98. The van der Waals surface area contributed by atoms with Gasteiger partial charge in [-0.2, -0.15) is 5.10 Å². The summed E-state index contributed by atoms with van der Waals surface area (Å²) < 4.78 is 7.28. The summed E-state index contributed by atoms with van der Waals surface area (Å²) in [5, 5.41) is 7.27. The number of hydrogen-bond acceptors (Lipinski definition) is 3. The van der Waals surface area contributed by atoms with Gasteiger partial charge in [0.15, 0.2) is 0 Å². The highest BCUT2D eigenvalue weighted by Gasteiger charge is 2.15. The lowest BCUT2D eigenvalue weighted by Gasteiger charge is -2.21. The van der Waals surface area contributed by atoms with Crippen LogP contribution in [0.4, 0.5) is 5.69 Å². The molecule has 1 aromatic carbocycles. The van der Waals surface area contributed by atoms with Gasteiger partial charge in [0.25, 0.3) is 5.91 Å². The summed E-state index contributed by atoms with van der Waals surface area (Å²) in [4.78, 5) is 12.3. The first-order chi connectivity index (χ1) is 11.1. The zero-order valence-corrected chi connectivity index (χ0v) is 13.7. The highest BCUT2D eigenvalue weighted by atomic mass is 16.5. The number of carbonyl (C=O) groups is 1. The Kier molecular flexibility index (Phi) is 4.76. The molecule has 0 unspecified atom stereocenters. The molecule has 1 fully saturated rings. The number of nitrogens with zero attached hydrogens (tertiary/aromatic N) is 2. The molecule has 0 saturated carbocycles. The van der Waals surface area contributed by atoms with Crippen LogP contribution in [-0.4, -0.2) is 28.9 Å². The van der Waals surface area contributed by atoms with Gasteiger partial charge in [-0.3, -0.25) is 9.48 Å². The van der Waals surface area contributed by atoms with Crippen LogP contribution >= 0.6 is 0 Å². The van der Waals surface area contributed by atoms with E-state index in [-0.39, 0.29) is 5.91 Å². The maximum atomic E-state index is 12.3. The molecule has 2 heterocycles. The van der Waals surface area contributed by atoms with Gasteiger partial charge in [-0.25, -0.2) is 0 Å².